The van der Waals surface area contributed by atoms with Gasteiger partial charge in [-0.1, -0.05) is 36.4 Å². The largest absolute Gasteiger partial charge is 0.324 e. The molecule has 2 aromatic carbocycles. The van der Waals surface area contributed by atoms with E-state index in [1.54, 1.807) is 11.3 Å². The molecule has 3 rings (SSSR count). The lowest BCUT2D eigenvalue weighted by atomic mass is 10.1. The quantitative estimate of drug-likeness (QED) is 0.733. The smallest absolute Gasteiger partial charge is 0.241 e. The van der Waals surface area contributed by atoms with Gasteiger partial charge in [0, 0.05) is 22.5 Å². The van der Waals surface area contributed by atoms with Crippen LogP contribution in [-0.4, -0.2) is 23.9 Å². The van der Waals surface area contributed by atoms with Gasteiger partial charge >= 0.3 is 0 Å². The van der Waals surface area contributed by atoms with Crippen molar-refractivity contribution in [2.45, 2.75) is 26.4 Å². The zero-order valence-electron chi connectivity index (χ0n) is 14.2. The Kier molecular flexibility index (Phi) is 4.97. The topological polar surface area (TPSA) is 32.3 Å². The lowest BCUT2D eigenvalue weighted by molar-refractivity contribution is -0.120. The van der Waals surface area contributed by atoms with E-state index in [9.17, 15) is 4.79 Å². The van der Waals surface area contributed by atoms with Gasteiger partial charge in [0.1, 0.15) is 0 Å². The average molecular weight is 338 g/mol. The first kappa shape index (κ1) is 16.7. The molecular weight excluding hydrogens is 316 g/mol. The van der Waals surface area contributed by atoms with Crippen molar-refractivity contribution in [1.82, 2.24) is 4.90 Å². The Bertz CT molecular complexity index is 850. The molecular formula is C20H22N2OS. The molecule has 1 aromatic heterocycles. The minimum Gasteiger partial charge on any atom is -0.324 e. The fraction of sp³-hybridized carbons (Fsp3) is 0.250. The van der Waals surface area contributed by atoms with Gasteiger partial charge in [0.25, 0.3) is 0 Å². The second-order valence-corrected chi connectivity index (χ2v) is 7.13. The molecule has 24 heavy (non-hydrogen) atoms. The van der Waals surface area contributed by atoms with Crippen LogP contribution < -0.4 is 5.32 Å². The average Bonchev–Trinajstić information content (AvgIpc) is 2.99. The number of carbonyl (C=O) groups excluding carboxylic acids is 1. The molecule has 3 aromatic rings. The highest BCUT2D eigenvalue weighted by atomic mass is 32.1. The molecule has 1 heterocycles. The Balaban J connectivity index is 1.72. The van der Waals surface area contributed by atoms with Crippen molar-refractivity contribution in [3.63, 3.8) is 0 Å². The summed E-state index contributed by atoms with van der Waals surface area (Å²) in [5.41, 5.74) is 2.15. The van der Waals surface area contributed by atoms with Gasteiger partial charge in [-0.25, -0.2) is 0 Å². The maximum atomic E-state index is 12.7. The minimum atomic E-state index is -0.203. The number of rotatable bonds is 5. The van der Waals surface area contributed by atoms with Crippen molar-refractivity contribution in [2.24, 2.45) is 0 Å². The number of thiophene rings is 1. The number of hydrogen-bond donors (Lipinski definition) is 1. The Labute approximate surface area is 146 Å². The van der Waals surface area contributed by atoms with E-state index in [0.717, 1.165) is 23.0 Å². The summed E-state index contributed by atoms with van der Waals surface area (Å²) < 4.78 is 0. The predicted molar refractivity (Wildman–Crippen MR) is 103 cm³/mol. The molecule has 0 aliphatic carbocycles. The molecule has 0 saturated heterocycles. The molecule has 1 atom stereocenters. The lowest BCUT2D eigenvalue weighted by Gasteiger charge is -2.24. The minimum absolute atomic E-state index is 0.0167. The Morgan fingerprint density at radius 2 is 1.92 bits per heavy atom. The van der Waals surface area contributed by atoms with Crippen LogP contribution in [0.1, 0.15) is 17.4 Å². The van der Waals surface area contributed by atoms with E-state index in [-0.39, 0.29) is 11.9 Å². The van der Waals surface area contributed by atoms with Crippen LogP contribution in [0.4, 0.5) is 5.69 Å². The van der Waals surface area contributed by atoms with E-state index in [1.807, 2.05) is 44.3 Å². The standard InChI is InChI=1S/C20H22N2OS/c1-14-11-12-24-19(14)13-22(3)15(2)20(23)21-18-10-6-8-16-7-4-5-9-17(16)18/h4-12,15H,13H2,1-3H3,(H,21,23)/t15-/m0/s1. The van der Waals surface area contributed by atoms with Crippen LogP contribution in [0.2, 0.25) is 0 Å². The van der Waals surface area contributed by atoms with Gasteiger partial charge in [-0.3, -0.25) is 9.69 Å². The molecule has 0 aliphatic rings. The number of benzene rings is 2. The van der Waals surface area contributed by atoms with E-state index >= 15 is 0 Å². The zero-order valence-corrected chi connectivity index (χ0v) is 15.1. The molecule has 0 bridgehead atoms. The number of hydrogen-bond acceptors (Lipinski definition) is 3. The highest BCUT2D eigenvalue weighted by Gasteiger charge is 2.19. The Morgan fingerprint density at radius 1 is 1.17 bits per heavy atom. The molecule has 0 fully saturated rings. The number of nitrogens with one attached hydrogen (secondary N) is 1. The summed E-state index contributed by atoms with van der Waals surface area (Å²) >= 11 is 1.74. The van der Waals surface area contributed by atoms with Crippen LogP contribution in [0.3, 0.4) is 0 Å². The third-order valence-electron chi connectivity index (χ3n) is 4.45. The highest BCUT2D eigenvalue weighted by Crippen LogP contribution is 2.24. The molecule has 4 heteroatoms. The maximum Gasteiger partial charge on any atom is 0.241 e. The fourth-order valence-corrected chi connectivity index (χ4v) is 3.67. The van der Waals surface area contributed by atoms with Gasteiger partial charge in [-0.15, -0.1) is 11.3 Å². The lowest BCUT2D eigenvalue weighted by Crippen LogP contribution is -2.39. The van der Waals surface area contributed by atoms with E-state index in [1.165, 1.54) is 10.4 Å². The molecule has 0 unspecified atom stereocenters. The van der Waals surface area contributed by atoms with E-state index in [4.69, 9.17) is 0 Å². The van der Waals surface area contributed by atoms with Crippen LogP contribution in [0.25, 0.3) is 10.8 Å². The van der Waals surface area contributed by atoms with E-state index in [0.29, 0.717) is 0 Å². The number of anilines is 1. The van der Waals surface area contributed by atoms with Crippen molar-refractivity contribution >= 4 is 33.7 Å². The van der Waals surface area contributed by atoms with Crippen LogP contribution in [0.15, 0.2) is 53.9 Å². The van der Waals surface area contributed by atoms with E-state index in [2.05, 4.69) is 40.7 Å². The number of aryl methyl sites for hydroxylation is 1. The molecule has 0 radical (unpaired) electrons. The molecule has 0 spiro atoms. The Morgan fingerprint density at radius 3 is 2.67 bits per heavy atom. The molecule has 3 nitrogen and oxygen atoms in total. The number of amides is 1. The summed E-state index contributed by atoms with van der Waals surface area (Å²) in [5, 5.41) is 7.38. The van der Waals surface area contributed by atoms with Crippen molar-refractivity contribution in [3.05, 3.63) is 64.4 Å². The normalized spacial score (nSPS) is 12.5. The van der Waals surface area contributed by atoms with Gasteiger partial charge in [0.15, 0.2) is 0 Å². The molecule has 1 N–H and O–H groups in total. The second-order valence-electron chi connectivity index (χ2n) is 6.13. The first-order chi connectivity index (χ1) is 11.6. The Hall–Kier alpha value is -2.17. The van der Waals surface area contributed by atoms with Gasteiger partial charge < -0.3 is 5.32 Å². The van der Waals surface area contributed by atoms with Crippen LogP contribution in [0.5, 0.6) is 0 Å². The molecule has 0 aliphatic heterocycles. The summed E-state index contributed by atoms with van der Waals surface area (Å²) in [7, 11) is 1.99. The summed E-state index contributed by atoms with van der Waals surface area (Å²) in [6.45, 7) is 4.84. The van der Waals surface area contributed by atoms with Gasteiger partial charge in [-0.2, -0.15) is 0 Å². The number of nitrogens with zero attached hydrogens (tertiary/aromatic N) is 1. The number of likely N-dealkylation sites (N-methyl/N-ethyl adjacent to an activating group) is 1. The van der Waals surface area contributed by atoms with Crippen molar-refractivity contribution in [3.8, 4) is 0 Å². The van der Waals surface area contributed by atoms with Gasteiger partial charge in [0.05, 0.1) is 6.04 Å². The maximum absolute atomic E-state index is 12.7. The summed E-state index contributed by atoms with van der Waals surface area (Å²) in [6, 6.07) is 16.0. The van der Waals surface area contributed by atoms with E-state index < -0.39 is 0 Å². The van der Waals surface area contributed by atoms with Crippen molar-refractivity contribution < 1.29 is 4.79 Å². The van der Waals surface area contributed by atoms with Crippen LogP contribution in [0, 0.1) is 6.92 Å². The molecule has 1 amide bonds. The zero-order chi connectivity index (χ0) is 17.1. The van der Waals surface area contributed by atoms with Crippen LogP contribution in [-0.2, 0) is 11.3 Å². The van der Waals surface area contributed by atoms with Gasteiger partial charge in [-0.05, 0) is 49.4 Å². The SMILES string of the molecule is Cc1ccsc1CN(C)[C@@H](C)C(=O)Nc1cccc2ccccc12. The molecule has 124 valence electrons. The summed E-state index contributed by atoms with van der Waals surface area (Å²) in [4.78, 5) is 16.1. The predicted octanol–water partition coefficient (Wildman–Crippen LogP) is 4.67. The first-order valence-electron chi connectivity index (χ1n) is 8.08. The third kappa shape index (κ3) is 3.50. The van der Waals surface area contributed by atoms with Crippen molar-refractivity contribution in [2.75, 3.05) is 12.4 Å². The summed E-state index contributed by atoms with van der Waals surface area (Å²) in [5.74, 6) is 0.0167. The van der Waals surface area contributed by atoms with Crippen molar-refractivity contribution in [1.29, 1.82) is 0 Å². The highest BCUT2D eigenvalue weighted by molar-refractivity contribution is 7.10. The number of carbonyl (C=O) groups is 1. The third-order valence-corrected chi connectivity index (χ3v) is 5.46. The second kappa shape index (κ2) is 7.16. The fourth-order valence-electron chi connectivity index (χ4n) is 2.70. The molecule has 0 saturated carbocycles. The van der Waals surface area contributed by atoms with Gasteiger partial charge in [0.2, 0.25) is 5.91 Å². The van der Waals surface area contributed by atoms with Crippen LogP contribution >= 0.6 is 11.3 Å². The monoisotopic (exact) mass is 338 g/mol. The first-order valence-corrected chi connectivity index (χ1v) is 8.96. The summed E-state index contributed by atoms with van der Waals surface area (Å²) in [6.07, 6.45) is 0. The number of fused-ring (bicyclic) bond motifs is 1.